The normalized spacial score (nSPS) is 11.0. The standard InChI is InChI=1S/C21H21ClN2OS2/c1-13-5-6-14(2)19(11-13)26-12-20(25)24-16(4)21(15(3)23-24)27-18-9-7-17(22)8-10-18/h5-11H,12H2,1-4H3. The van der Waals surface area contributed by atoms with E-state index in [1.165, 1.54) is 15.8 Å². The molecule has 3 rings (SSSR count). The van der Waals surface area contributed by atoms with Gasteiger partial charge in [0.2, 0.25) is 0 Å². The minimum absolute atomic E-state index is 0.00976. The number of thioether (sulfide) groups is 1. The summed E-state index contributed by atoms with van der Waals surface area (Å²) in [4.78, 5) is 16.0. The van der Waals surface area contributed by atoms with Crippen molar-refractivity contribution in [2.45, 2.75) is 42.4 Å². The second-order valence-corrected chi connectivity index (χ2v) is 8.96. The van der Waals surface area contributed by atoms with E-state index in [1.54, 1.807) is 23.5 Å². The van der Waals surface area contributed by atoms with E-state index in [2.05, 4.69) is 37.1 Å². The first kappa shape index (κ1) is 20.1. The second-order valence-electron chi connectivity index (χ2n) is 6.42. The van der Waals surface area contributed by atoms with E-state index in [9.17, 15) is 4.79 Å². The molecule has 0 aliphatic carbocycles. The molecule has 0 saturated heterocycles. The number of hydrogen-bond acceptors (Lipinski definition) is 4. The van der Waals surface area contributed by atoms with Crippen LogP contribution in [0.25, 0.3) is 0 Å². The monoisotopic (exact) mass is 416 g/mol. The third kappa shape index (κ3) is 4.78. The molecule has 2 aromatic carbocycles. The number of carbonyl (C=O) groups is 1. The predicted octanol–water partition coefficient (Wildman–Crippen LogP) is 6.35. The van der Waals surface area contributed by atoms with E-state index in [-0.39, 0.29) is 5.91 Å². The lowest BCUT2D eigenvalue weighted by Crippen LogP contribution is -2.16. The molecule has 0 radical (unpaired) electrons. The fourth-order valence-corrected chi connectivity index (χ4v) is 4.73. The molecular formula is C21H21ClN2OS2. The maximum absolute atomic E-state index is 12.8. The van der Waals surface area contributed by atoms with Crippen LogP contribution in [-0.2, 0) is 0 Å². The number of rotatable bonds is 5. The first-order valence-corrected chi connectivity index (χ1v) is 10.8. The van der Waals surface area contributed by atoms with Gasteiger partial charge in [-0.1, -0.05) is 41.1 Å². The Kier molecular flexibility index (Phi) is 6.35. The van der Waals surface area contributed by atoms with Crippen molar-refractivity contribution in [1.29, 1.82) is 0 Å². The topological polar surface area (TPSA) is 34.9 Å². The number of carbonyl (C=O) groups excluding carboxylic acids is 1. The van der Waals surface area contributed by atoms with Crippen molar-refractivity contribution in [3.63, 3.8) is 0 Å². The van der Waals surface area contributed by atoms with Gasteiger partial charge in [0.15, 0.2) is 0 Å². The highest BCUT2D eigenvalue weighted by molar-refractivity contribution is 8.00. The van der Waals surface area contributed by atoms with Crippen LogP contribution < -0.4 is 0 Å². The predicted molar refractivity (Wildman–Crippen MR) is 115 cm³/mol. The molecule has 0 N–H and O–H groups in total. The van der Waals surface area contributed by atoms with Crippen LogP contribution in [-0.4, -0.2) is 21.4 Å². The Morgan fingerprint density at radius 2 is 1.78 bits per heavy atom. The van der Waals surface area contributed by atoms with Gasteiger partial charge >= 0.3 is 0 Å². The van der Waals surface area contributed by atoms with E-state index in [0.29, 0.717) is 10.8 Å². The maximum Gasteiger partial charge on any atom is 0.257 e. The fraction of sp³-hybridized carbons (Fsp3) is 0.238. The fourth-order valence-electron chi connectivity index (χ4n) is 2.70. The van der Waals surface area contributed by atoms with Crippen LogP contribution in [0.4, 0.5) is 0 Å². The largest absolute Gasteiger partial charge is 0.272 e. The van der Waals surface area contributed by atoms with Gasteiger partial charge in [0.05, 0.1) is 22.0 Å². The van der Waals surface area contributed by atoms with Crippen molar-refractivity contribution in [3.8, 4) is 0 Å². The van der Waals surface area contributed by atoms with Crippen LogP contribution in [0, 0.1) is 27.7 Å². The lowest BCUT2D eigenvalue weighted by Gasteiger charge is -2.07. The Balaban J connectivity index is 1.75. The zero-order valence-corrected chi connectivity index (χ0v) is 18.1. The van der Waals surface area contributed by atoms with Gasteiger partial charge in [0, 0.05) is 14.8 Å². The van der Waals surface area contributed by atoms with Crippen molar-refractivity contribution in [2.75, 3.05) is 5.75 Å². The highest BCUT2D eigenvalue weighted by atomic mass is 35.5. The van der Waals surface area contributed by atoms with Gasteiger partial charge in [0.1, 0.15) is 0 Å². The van der Waals surface area contributed by atoms with E-state index >= 15 is 0 Å². The van der Waals surface area contributed by atoms with Crippen LogP contribution >= 0.6 is 35.1 Å². The molecular weight excluding hydrogens is 396 g/mol. The highest BCUT2D eigenvalue weighted by Gasteiger charge is 2.18. The van der Waals surface area contributed by atoms with Gasteiger partial charge in [-0.3, -0.25) is 4.79 Å². The van der Waals surface area contributed by atoms with Crippen molar-refractivity contribution in [3.05, 3.63) is 70.0 Å². The molecule has 0 aliphatic heterocycles. The Hall–Kier alpha value is -1.69. The maximum atomic E-state index is 12.8. The van der Waals surface area contributed by atoms with Gasteiger partial charge in [-0.05, 0) is 63.6 Å². The Morgan fingerprint density at radius 3 is 2.48 bits per heavy atom. The SMILES string of the molecule is Cc1ccc(C)c(SCC(=O)n2nc(C)c(Sc3ccc(Cl)cc3)c2C)c1. The zero-order valence-electron chi connectivity index (χ0n) is 15.7. The summed E-state index contributed by atoms with van der Waals surface area (Å²) in [5.74, 6) is 0.349. The first-order valence-electron chi connectivity index (χ1n) is 8.58. The minimum atomic E-state index is -0.00976. The molecule has 0 bridgehead atoms. The molecule has 27 heavy (non-hydrogen) atoms. The Labute approximate surface area is 173 Å². The molecule has 0 unspecified atom stereocenters. The summed E-state index contributed by atoms with van der Waals surface area (Å²) in [6, 6.07) is 14.0. The minimum Gasteiger partial charge on any atom is -0.272 e. The molecule has 3 aromatic rings. The number of aromatic nitrogens is 2. The molecule has 1 heterocycles. The van der Waals surface area contributed by atoms with E-state index < -0.39 is 0 Å². The second kappa shape index (κ2) is 8.55. The molecule has 1 aromatic heterocycles. The Morgan fingerprint density at radius 1 is 1.07 bits per heavy atom. The number of halogens is 1. The number of hydrogen-bond donors (Lipinski definition) is 0. The smallest absolute Gasteiger partial charge is 0.257 e. The third-order valence-corrected chi connectivity index (χ3v) is 6.89. The van der Waals surface area contributed by atoms with Crippen LogP contribution in [0.5, 0.6) is 0 Å². The zero-order chi connectivity index (χ0) is 19.6. The lowest BCUT2D eigenvalue weighted by atomic mass is 10.2. The van der Waals surface area contributed by atoms with Gasteiger partial charge in [-0.2, -0.15) is 5.10 Å². The summed E-state index contributed by atoms with van der Waals surface area (Å²) < 4.78 is 1.53. The average Bonchev–Trinajstić information content (AvgIpc) is 2.92. The van der Waals surface area contributed by atoms with E-state index in [1.807, 2.05) is 38.1 Å². The van der Waals surface area contributed by atoms with E-state index in [4.69, 9.17) is 11.6 Å². The summed E-state index contributed by atoms with van der Waals surface area (Å²) in [7, 11) is 0. The molecule has 0 saturated carbocycles. The number of nitrogens with zero attached hydrogens (tertiary/aromatic N) is 2. The molecule has 0 fully saturated rings. The van der Waals surface area contributed by atoms with Crippen molar-refractivity contribution < 1.29 is 4.79 Å². The molecule has 0 atom stereocenters. The summed E-state index contributed by atoms with van der Waals surface area (Å²) in [5, 5.41) is 5.19. The van der Waals surface area contributed by atoms with Crippen LogP contribution in [0.1, 0.15) is 27.3 Å². The molecule has 6 heteroatoms. The Bertz CT molecular complexity index is 981. The van der Waals surface area contributed by atoms with Gasteiger partial charge < -0.3 is 0 Å². The quantitative estimate of drug-likeness (QED) is 0.453. The summed E-state index contributed by atoms with van der Waals surface area (Å²) >= 11 is 9.12. The van der Waals surface area contributed by atoms with Crippen LogP contribution in [0.15, 0.2) is 57.2 Å². The van der Waals surface area contributed by atoms with Gasteiger partial charge in [0.25, 0.3) is 5.91 Å². The number of benzene rings is 2. The van der Waals surface area contributed by atoms with Crippen molar-refractivity contribution in [1.82, 2.24) is 9.78 Å². The summed E-state index contributed by atoms with van der Waals surface area (Å²) in [5.41, 5.74) is 4.12. The molecule has 0 aliphatic rings. The van der Waals surface area contributed by atoms with Crippen LogP contribution in [0.3, 0.4) is 0 Å². The highest BCUT2D eigenvalue weighted by Crippen LogP contribution is 2.33. The average molecular weight is 417 g/mol. The van der Waals surface area contributed by atoms with Crippen molar-refractivity contribution in [2.24, 2.45) is 0 Å². The third-order valence-electron chi connectivity index (χ3n) is 4.19. The molecule has 3 nitrogen and oxygen atoms in total. The van der Waals surface area contributed by atoms with Crippen LogP contribution in [0.2, 0.25) is 5.02 Å². The van der Waals surface area contributed by atoms with Gasteiger partial charge in [-0.25, -0.2) is 4.68 Å². The summed E-state index contributed by atoms with van der Waals surface area (Å²) in [6.07, 6.45) is 0. The van der Waals surface area contributed by atoms with Crippen molar-refractivity contribution >= 4 is 41.0 Å². The summed E-state index contributed by atoms with van der Waals surface area (Å²) in [6.45, 7) is 8.01. The lowest BCUT2D eigenvalue weighted by molar-refractivity contribution is 0.0923. The molecule has 0 amide bonds. The first-order chi connectivity index (χ1) is 12.8. The van der Waals surface area contributed by atoms with E-state index in [0.717, 1.165) is 26.1 Å². The van der Waals surface area contributed by atoms with Gasteiger partial charge in [-0.15, -0.1) is 11.8 Å². The molecule has 140 valence electrons. The number of aryl methyl sites for hydroxylation is 3. The molecule has 0 spiro atoms.